The number of hydrogen-bond donors (Lipinski definition) is 2. The van der Waals surface area contributed by atoms with E-state index in [1.807, 2.05) is 38.2 Å². The minimum absolute atomic E-state index is 0.0151. The van der Waals surface area contributed by atoms with E-state index in [2.05, 4.69) is 58.8 Å². The predicted octanol–water partition coefficient (Wildman–Crippen LogP) is 5.42. The fraction of sp³-hybridized carbons (Fsp3) is 0.321. The summed E-state index contributed by atoms with van der Waals surface area (Å²) in [7, 11) is 1.97. The number of nitriles is 2. The number of benzene rings is 2. The summed E-state index contributed by atoms with van der Waals surface area (Å²) in [6.45, 7) is 7.01. The summed E-state index contributed by atoms with van der Waals surface area (Å²) in [6.07, 6.45) is 4.82. The van der Waals surface area contributed by atoms with Crippen LogP contribution < -0.4 is 10.6 Å². The van der Waals surface area contributed by atoms with Crippen molar-refractivity contribution >= 4 is 53.3 Å². The molecule has 2 aromatic carbocycles. The average Bonchev–Trinajstić information content (AvgIpc) is 3.53. The first-order valence-corrected chi connectivity index (χ1v) is 13.4. The molecule has 2 aromatic heterocycles. The van der Waals surface area contributed by atoms with Crippen molar-refractivity contribution in [3.05, 3.63) is 75.7 Å². The van der Waals surface area contributed by atoms with E-state index in [1.54, 1.807) is 23.1 Å². The van der Waals surface area contributed by atoms with Crippen LogP contribution in [0.15, 0.2) is 48.8 Å². The Hall–Kier alpha value is -3.79. The van der Waals surface area contributed by atoms with Gasteiger partial charge < -0.3 is 10.6 Å². The highest BCUT2D eigenvalue weighted by Crippen LogP contribution is 2.43. The molecule has 0 aliphatic heterocycles. The van der Waals surface area contributed by atoms with Crippen molar-refractivity contribution in [2.24, 2.45) is 5.41 Å². The lowest BCUT2D eigenvalue weighted by atomic mass is 9.69. The van der Waals surface area contributed by atoms with Gasteiger partial charge in [-0.2, -0.15) is 10.5 Å². The number of halogens is 2. The average molecular weight is 557 g/mol. The van der Waals surface area contributed by atoms with Gasteiger partial charge in [0, 0.05) is 28.8 Å². The van der Waals surface area contributed by atoms with E-state index in [9.17, 15) is 10.5 Å². The highest BCUT2D eigenvalue weighted by molar-refractivity contribution is 6.36. The van der Waals surface area contributed by atoms with E-state index >= 15 is 0 Å². The number of anilines is 2. The lowest BCUT2D eigenvalue weighted by Gasteiger charge is -2.32. The van der Waals surface area contributed by atoms with Crippen molar-refractivity contribution in [1.29, 1.82) is 10.5 Å². The highest BCUT2D eigenvalue weighted by Gasteiger charge is 2.47. The molecular weight excluding hydrogens is 530 g/mol. The van der Waals surface area contributed by atoms with E-state index in [0.717, 1.165) is 23.8 Å². The molecule has 1 atom stereocenters. The van der Waals surface area contributed by atoms with Gasteiger partial charge >= 0.3 is 0 Å². The molecule has 5 rings (SSSR count). The van der Waals surface area contributed by atoms with Crippen molar-refractivity contribution in [2.45, 2.75) is 44.6 Å². The molecule has 11 heteroatoms. The van der Waals surface area contributed by atoms with Crippen LogP contribution in [0.25, 0.3) is 10.9 Å². The normalized spacial score (nSPS) is 15.7. The van der Waals surface area contributed by atoms with Gasteiger partial charge in [0.15, 0.2) is 5.54 Å². The Kier molecular flexibility index (Phi) is 6.70. The largest absolute Gasteiger partial charge is 0.383 e. The molecule has 1 saturated carbocycles. The number of rotatable bonds is 7. The van der Waals surface area contributed by atoms with Crippen LogP contribution in [0.5, 0.6) is 0 Å². The molecule has 1 aliphatic rings. The van der Waals surface area contributed by atoms with E-state index in [1.165, 1.54) is 0 Å². The molecule has 0 amide bonds. The topological polar surface area (TPSA) is 115 Å². The van der Waals surface area contributed by atoms with E-state index in [4.69, 9.17) is 23.2 Å². The van der Waals surface area contributed by atoms with Gasteiger partial charge in [0.25, 0.3) is 0 Å². The molecule has 1 unspecified atom stereocenters. The second-order valence-corrected chi connectivity index (χ2v) is 12.2. The Bertz CT molecular complexity index is 1660. The van der Waals surface area contributed by atoms with Crippen molar-refractivity contribution in [3.8, 4) is 12.1 Å². The molecule has 1 aliphatic carbocycles. The molecule has 0 spiro atoms. The molecule has 8 nitrogen and oxygen atoms in total. The monoisotopic (exact) mass is 556 g/mol. The number of nitrogens with one attached hydrogen (secondary N) is 2. The van der Waals surface area contributed by atoms with Gasteiger partial charge in [-0.05, 0) is 42.0 Å². The van der Waals surface area contributed by atoms with Gasteiger partial charge in [-0.25, -0.2) is 4.68 Å². The molecule has 1 fully saturated rings. The predicted molar refractivity (Wildman–Crippen MR) is 157 cm³/mol. The summed E-state index contributed by atoms with van der Waals surface area (Å²) < 4.78 is 1.64. The van der Waals surface area contributed by atoms with Crippen LogP contribution in [0.1, 0.15) is 50.4 Å². The summed E-state index contributed by atoms with van der Waals surface area (Å²) in [5.74, 6) is 0. The van der Waals surface area contributed by atoms with E-state index in [-0.39, 0.29) is 5.41 Å². The molecular formula is C28H27BCl2N8. The third-order valence-electron chi connectivity index (χ3n) is 7.02. The van der Waals surface area contributed by atoms with Gasteiger partial charge in [-0.3, -0.25) is 4.98 Å². The fourth-order valence-corrected chi connectivity index (χ4v) is 5.19. The summed E-state index contributed by atoms with van der Waals surface area (Å²) in [5.41, 5.74) is 2.17. The van der Waals surface area contributed by atoms with Gasteiger partial charge in [-0.1, -0.05) is 67.4 Å². The van der Waals surface area contributed by atoms with Gasteiger partial charge in [0.1, 0.15) is 19.6 Å². The number of pyridine rings is 1. The molecule has 196 valence electrons. The zero-order chi connectivity index (χ0) is 28.0. The van der Waals surface area contributed by atoms with Crippen LogP contribution in [0.2, 0.25) is 10.0 Å². The summed E-state index contributed by atoms with van der Waals surface area (Å²) >= 11 is 13.5. The van der Waals surface area contributed by atoms with Crippen LogP contribution >= 0.6 is 23.2 Å². The molecule has 2 heterocycles. The number of nitrogens with zero attached hydrogens (tertiary/aromatic N) is 6. The van der Waals surface area contributed by atoms with Crippen LogP contribution in [-0.2, 0) is 11.0 Å². The van der Waals surface area contributed by atoms with Gasteiger partial charge in [0.05, 0.1) is 39.5 Å². The molecule has 0 saturated heterocycles. The van der Waals surface area contributed by atoms with Crippen molar-refractivity contribution in [1.82, 2.24) is 20.0 Å². The Morgan fingerprint density at radius 2 is 1.87 bits per heavy atom. The van der Waals surface area contributed by atoms with E-state index in [0.29, 0.717) is 44.7 Å². The smallest absolute Gasteiger partial charge is 0.150 e. The summed E-state index contributed by atoms with van der Waals surface area (Å²) in [4.78, 5) is 4.47. The number of aromatic nitrogens is 4. The highest BCUT2D eigenvalue weighted by atomic mass is 35.5. The zero-order valence-corrected chi connectivity index (χ0v) is 23.7. The van der Waals surface area contributed by atoms with Crippen LogP contribution in [0.3, 0.4) is 0 Å². The molecule has 0 bridgehead atoms. The van der Waals surface area contributed by atoms with Gasteiger partial charge in [0.2, 0.25) is 0 Å². The minimum Gasteiger partial charge on any atom is -0.383 e. The second-order valence-electron chi connectivity index (χ2n) is 11.3. The Morgan fingerprint density at radius 3 is 2.51 bits per heavy atom. The maximum atomic E-state index is 9.82. The molecule has 0 radical (unpaired) electrons. The molecule has 39 heavy (non-hydrogen) atoms. The SMILES string of the molecule is BC(Nc1cc(Cl)c2ncc(C#N)c(NCC(C)(C)C)c2c1)(c1cn(C2(C#N)CC2)nn1)c1ccccc1Cl. The number of fused-ring (bicyclic) bond motifs is 1. The van der Waals surface area contributed by atoms with Crippen molar-refractivity contribution in [3.63, 3.8) is 0 Å². The maximum Gasteiger partial charge on any atom is 0.150 e. The first-order valence-electron chi connectivity index (χ1n) is 12.6. The van der Waals surface area contributed by atoms with Crippen LogP contribution in [0, 0.1) is 28.1 Å². The van der Waals surface area contributed by atoms with Crippen LogP contribution in [-0.4, -0.2) is 34.4 Å². The summed E-state index contributed by atoms with van der Waals surface area (Å²) in [5, 5.41) is 37.1. The first-order chi connectivity index (χ1) is 18.5. The van der Waals surface area contributed by atoms with Crippen molar-refractivity contribution < 1.29 is 0 Å². The fourth-order valence-electron chi connectivity index (χ4n) is 4.60. The molecule has 4 aromatic rings. The third kappa shape index (κ3) is 5.01. The maximum absolute atomic E-state index is 9.82. The Balaban J connectivity index is 1.65. The molecule has 2 N–H and O–H groups in total. The minimum atomic E-state index is -0.932. The quantitative estimate of drug-likeness (QED) is 0.292. The Labute approximate surface area is 238 Å². The zero-order valence-electron chi connectivity index (χ0n) is 22.2. The lowest BCUT2D eigenvalue weighted by molar-refractivity contribution is 0.443. The van der Waals surface area contributed by atoms with Gasteiger partial charge in [-0.15, -0.1) is 5.10 Å². The van der Waals surface area contributed by atoms with Crippen LogP contribution in [0.4, 0.5) is 11.4 Å². The van der Waals surface area contributed by atoms with Crippen molar-refractivity contribution in [2.75, 3.05) is 17.2 Å². The van der Waals surface area contributed by atoms with E-state index < -0.39 is 11.0 Å². The number of hydrogen-bond acceptors (Lipinski definition) is 7. The summed E-state index contributed by atoms with van der Waals surface area (Å²) in [6, 6.07) is 15.9. The lowest BCUT2D eigenvalue weighted by Crippen LogP contribution is -2.38. The first kappa shape index (κ1) is 26.8. The third-order valence-corrected chi connectivity index (χ3v) is 7.64. The second kappa shape index (κ2) is 9.75. The Morgan fingerprint density at radius 1 is 1.13 bits per heavy atom. The standard InChI is InChI=1S/C28H27BCl2N8/c1-26(2,3)16-35-24-17(12-32)13-34-25-19(24)10-18(11-22(25)31)36-28(29,20-6-4-5-7-21(20)30)23-14-39(38-37-23)27(15-33)8-9-27/h4-7,10-11,13-14,36H,8-9,16,29H2,1-3H3,(H,34,35).